The Morgan fingerprint density at radius 3 is 2.59 bits per heavy atom. The van der Waals surface area contributed by atoms with E-state index in [0.29, 0.717) is 10.0 Å². The van der Waals surface area contributed by atoms with Gasteiger partial charge in [0.15, 0.2) is 0 Å². The van der Waals surface area contributed by atoms with Crippen molar-refractivity contribution in [3.8, 4) is 5.69 Å². The fourth-order valence-electron chi connectivity index (χ4n) is 3.08. The van der Waals surface area contributed by atoms with E-state index in [1.807, 2.05) is 30.5 Å². The molecule has 1 fully saturated rings. The number of hydrogen-bond donors (Lipinski definition) is 0. The summed E-state index contributed by atoms with van der Waals surface area (Å²) in [5, 5.41) is 0.543. The molecular formula is C20H18Cl2N2O4S. The number of rotatable bonds is 5. The number of thioether (sulfide) groups is 1. The van der Waals surface area contributed by atoms with Crippen LogP contribution in [0.1, 0.15) is 23.9 Å². The maximum absolute atomic E-state index is 12.6. The Kier molecular flexibility index (Phi) is 6.41. The van der Waals surface area contributed by atoms with Gasteiger partial charge in [0.25, 0.3) is 11.1 Å². The summed E-state index contributed by atoms with van der Waals surface area (Å²) >= 11 is 13.1. The molecule has 1 aromatic carbocycles. The molecule has 2 amide bonds. The molecule has 1 saturated heterocycles. The van der Waals surface area contributed by atoms with Crippen LogP contribution in [0.2, 0.25) is 10.0 Å². The number of benzene rings is 1. The van der Waals surface area contributed by atoms with Crippen LogP contribution in [-0.4, -0.2) is 39.7 Å². The molecule has 1 aliphatic heterocycles. The predicted molar refractivity (Wildman–Crippen MR) is 115 cm³/mol. The lowest BCUT2D eigenvalue weighted by atomic mass is 10.2. The number of hydrogen-bond acceptors (Lipinski definition) is 5. The summed E-state index contributed by atoms with van der Waals surface area (Å²) in [6.45, 7) is 5.27. The second-order valence-electron chi connectivity index (χ2n) is 6.33. The smallest absolute Gasteiger partial charge is 0.326 e. The summed E-state index contributed by atoms with van der Waals surface area (Å²) in [5.74, 6) is -1.13. The van der Waals surface area contributed by atoms with Crippen LogP contribution in [0.25, 0.3) is 11.8 Å². The lowest BCUT2D eigenvalue weighted by molar-refractivity contribution is -0.145. The second kappa shape index (κ2) is 8.65. The molecule has 0 N–H and O–H groups in total. The molecule has 1 aromatic heterocycles. The van der Waals surface area contributed by atoms with Crippen molar-refractivity contribution < 1.29 is 19.1 Å². The highest BCUT2D eigenvalue weighted by atomic mass is 35.5. The number of carbonyl (C=O) groups excluding carboxylic acids is 3. The summed E-state index contributed by atoms with van der Waals surface area (Å²) in [6.07, 6.45) is 1.65. The third-order valence-electron chi connectivity index (χ3n) is 4.37. The van der Waals surface area contributed by atoms with E-state index < -0.39 is 23.7 Å². The van der Waals surface area contributed by atoms with Gasteiger partial charge in [-0.25, -0.2) is 0 Å². The van der Waals surface area contributed by atoms with Crippen molar-refractivity contribution >= 4 is 58.2 Å². The molecule has 152 valence electrons. The zero-order chi connectivity index (χ0) is 21.3. The number of halogens is 2. The first kappa shape index (κ1) is 21.5. The number of carbonyl (C=O) groups is 3. The lowest BCUT2D eigenvalue weighted by Gasteiger charge is -2.12. The summed E-state index contributed by atoms with van der Waals surface area (Å²) in [5.41, 5.74) is 3.30. The molecule has 0 radical (unpaired) electrons. The fraction of sp³-hybridized carbons (Fsp3) is 0.250. The minimum absolute atomic E-state index is 0.185. The van der Waals surface area contributed by atoms with Crippen molar-refractivity contribution in [3.63, 3.8) is 0 Å². The van der Waals surface area contributed by atoms with Crippen molar-refractivity contribution in [2.75, 3.05) is 13.2 Å². The van der Waals surface area contributed by atoms with Gasteiger partial charge in [-0.3, -0.25) is 19.3 Å². The molecule has 9 heteroatoms. The third kappa shape index (κ3) is 4.37. The van der Waals surface area contributed by atoms with Crippen molar-refractivity contribution in [2.24, 2.45) is 0 Å². The molecule has 2 heterocycles. The predicted octanol–water partition coefficient (Wildman–Crippen LogP) is 5.00. The third-order valence-corrected chi connectivity index (χ3v) is 5.82. The van der Waals surface area contributed by atoms with E-state index in [-0.39, 0.29) is 11.5 Å². The van der Waals surface area contributed by atoms with Crippen LogP contribution in [0.15, 0.2) is 29.2 Å². The normalized spacial score (nSPS) is 15.5. The van der Waals surface area contributed by atoms with E-state index in [4.69, 9.17) is 27.9 Å². The van der Waals surface area contributed by atoms with Gasteiger partial charge < -0.3 is 9.30 Å². The summed E-state index contributed by atoms with van der Waals surface area (Å²) < 4.78 is 6.77. The van der Waals surface area contributed by atoms with Crippen LogP contribution in [-0.2, 0) is 14.3 Å². The molecule has 0 aliphatic carbocycles. The standard InChI is InChI=1S/C20H18Cl2N2O4S/c1-4-28-18(25)10-23-19(26)17(29-20(23)27)8-13-7-11(2)24(12(13)3)16-6-5-14(21)9-15(16)22/h5-9H,4,10H2,1-3H3/b17-8+. The Morgan fingerprint density at radius 1 is 1.21 bits per heavy atom. The van der Waals surface area contributed by atoms with Crippen LogP contribution < -0.4 is 0 Å². The monoisotopic (exact) mass is 452 g/mol. The zero-order valence-electron chi connectivity index (χ0n) is 16.0. The van der Waals surface area contributed by atoms with E-state index >= 15 is 0 Å². The maximum atomic E-state index is 12.6. The van der Waals surface area contributed by atoms with Crippen LogP contribution in [0.5, 0.6) is 0 Å². The fourth-order valence-corrected chi connectivity index (χ4v) is 4.40. The van der Waals surface area contributed by atoms with Gasteiger partial charge >= 0.3 is 5.97 Å². The molecular weight excluding hydrogens is 435 g/mol. The van der Waals surface area contributed by atoms with Crippen LogP contribution in [0, 0.1) is 13.8 Å². The molecule has 3 rings (SSSR count). The first-order valence-corrected chi connectivity index (χ1v) is 10.4. The Labute approximate surface area is 182 Å². The first-order chi connectivity index (χ1) is 13.7. The number of amides is 2. The van der Waals surface area contributed by atoms with E-state index in [1.54, 1.807) is 25.1 Å². The van der Waals surface area contributed by atoms with Gasteiger partial charge in [-0.15, -0.1) is 0 Å². The van der Waals surface area contributed by atoms with Crippen LogP contribution >= 0.6 is 35.0 Å². The summed E-state index contributed by atoms with van der Waals surface area (Å²) in [4.78, 5) is 37.5. The van der Waals surface area contributed by atoms with Gasteiger partial charge in [0.2, 0.25) is 0 Å². The molecule has 0 saturated carbocycles. The highest BCUT2D eigenvalue weighted by Crippen LogP contribution is 2.34. The summed E-state index contributed by atoms with van der Waals surface area (Å²) in [6, 6.07) is 7.14. The lowest BCUT2D eigenvalue weighted by Crippen LogP contribution is -2.34. The van der Waals surface area contributed by atoms with Crippen molar-refractivity contribution in [1.82, 2.24) is 9.47 Å². The van der Waals surface area contributed by atoms with Gasteiger partial charge in [-0.2, -0.15) is 0 Å². The molecule has 2 aromatic rings. The highest BCUT2D eigenvalue weighted by Gasteiger charge is 2.36. The number of imide groups is 1. The van der Waals surface area contributed by atoms with Crippen molar-refractivity contribution in [3.05, 3.63) is 56.2 Å². The minimum atomic E-state index is -0.619. The van der Waals surface area contributed by atoms with Gasteiger partial charge in [-0.05, 0) is 68.4 Å². The molecule has 0 bridgehead atoms. The molecule has 0 atom stereocenters. The quantitative estimate of drug-likeness (QED) is 0.471. The number of aryl methyl sites for hydroxylation is 1. The topological polar surface area (TPSA) is 68.6 Å². The zero-order valence-corrected chi connectivity index (χ0v) is 18.3. The molecule has 29 heavy (non-hydrogen) atoms. The molecule has 0 unspecified atom stereocenters. The second-order valence-corrected chi connectivity index (χ2v) is 8.17. The van der Waals surface area contributed by atoms with Gasteiger partial charge in [-0.1, -0.05) is 23.2 Å². The maximum Gasteiger partial charge on any atom is 0.326 e. The molecule has 1 aliphatic rings. The van der Waals surface area contributed by atoms with E-state index in [1.165, 1.54) is 0 Å². The summed E-state index contributed by atoms with van der Waals surface area (Å²) in [7, 11) is 0. The number of ether oxygens (including phenoxy) is 1. The number of esters is 1. The van der Waals surface area contributed by atoms with Gasteiger partial charge in [0.05, 0.1) is 22.2 Å². The van der Waals surface area contributed by atoms with Gasteiger partial charge in [0.1, 0.15) is 6.54 Å². The Bertz CT molecular complexity index is 1050. The van der Waals surface area contributed by atoms with Gasteiger partial charge in [0, 0.05) is 16.4 Å². The molecule has 0 spiro atoms. The number of nitrogens with zero attached hydrogens (tertiary/aromatic N) is 2. The average molecular weight is 453 g/mol. The van der Waals surface area contributed by atoms with Crippen molar-refractivity contribution in [1.29, 1.82) is 0 Å². The van der Waals surface area contributed by atoms with Crippen LogP contribution in [0.4, 0.5) is 4.79 Å². The Balaban J connectivity index is 1.93. The first-order valence-electron chi connectivity index (χ1n) is 8.78. The van der Waals surface area contributed by atoms with E-state index in [9.17, 15) is 14.4 Å². The molecule has 6 nitrogen and oxygen atoms in total. The number of aromatic nitrogens is 1. The van der Waals surface area contributed by atoms with Crippen molar-refractivity contribution in [2.45, 2.75) is 20.8 Å². The van der Waals surface area contributed by atoms with E-state index in [2.05, 4.69) is 0 Å². The average Bonchev–Trinajstić information content (AvgIpc) is 3.06. The minimum Gasteiger partial charge on any atom is -0.465 e. The Hall–Kier alpha value is -2.22. The SMILES string of the molecule is CCOC(=O)CN1C(=O)S/C(=C/c2cc(C)n(-c3ccc(Cl)cc3Cl)c2C)C1=O. The highest BCUT2D eigenvalue weighted by molar-refractivity contribution is 8.18. The van der Waals surface area contributed by atoms with Crippen LogP contribution in [0.3, 0.4) is 0 Å². The van der Waals surface area contributed by atoms with E-state index in [0.717, 1.165) is 39.3 Å². The largest absolute Gasteiger partial charge is 0.465 e. The Morgan fingerprint density at radius 2 is 1.93 bits per heavy atom.